The molecule has 0 N–H and O–H groups in total. The molecule has 3 aromatic rings. The maximum atomic E-state index is 12.8. The lowest BCUT2D eigenvalue weighted by Crippen LogP contribution is -2.04. The molecule has 3 rings (SSSR count). The molecule has 0 aromatic heterocycles. The summed E-state index contributed by atoms with van der Waals surface area (Å²) < 4.78 is 16.5. The predicted octanol–water partition coefficient (Wildman–Crippen LogP) is 11.9. The minimum Gasteiger partial charge on any atom is -0.497 e. The molecule has 0 radical (unpaired) electrons. The second-order valence-electron chi connectivity index (χ2n) is 12.5. The molecule has 0 amide bonds. The normalized spacial score (nSPS) is 11.3. The van der Waals surface area contributed by atoms with Crippen molar-refractivity contribution in [1.29, 1.82) is 0 Å². The topological polar surface area (TPSA) is 61.8 Å². The molecule has 0 atom stereocenters. The lowest BCUT2D eigenvalue weighted by Gasteiger charge is -2.07. The monoisotopic (exact) mass is 652 g/mol. The van der Waals surface area contributed by atoms with Crippen molar-refractivity contribution in [2.24, 2.45) is 0 Å². The molecule has 5 nitrogen and oxygen atoms in total. The van der Waals surface area contributed by atoms with Crippen molar-refractivity contribution in [2.45, 2.75) is 110 Å². The molecule has 3 aromatic carbocycles. The van der Waals surface area contributed by atoms with Crippen LogP contribution in [0.1, 0.15) is 131 Å². The Labute approximate surface area is 289 Å². The van der Waals surface area contributed by atoms with Gasteiger partial charge in [-0.15, -0.1) is 0 Å². The number of benzene rings is 3. The first-order valence-electron chi connectivity index (χ1n) is 18.2. The number of ether oxygens (including phenoxy) is 3. The molecule has 0 bridgehead atoms. The zero-order valence-electron chi connectivity index (χ0n) is 29.3. The Morgan fingerprint density at radius 3 is 1.60 bits per heavy atom. The molecule has 5 heteroatoms. The third-order valence-corrected chi connectivity index (χ3v) is 8.44. The maximum Gasteiger partial charge on any atom is 0.336 e. The zero-order chi connectivity index (χ0) is 34.1. The van der Waals surface area contributed by atoms with E-state index in [2.05, 4.69) is 6.92 Å². The largest absolute Gasteiger partial charge is 0.497 e. The number of allylic oxidation sites excluding steroid dienone is 1. The number of methoxy groups -OCH3 is 1. The summed E-state index contributed by atoms with van der Waals surface area (Å²) in [6, 6.07) is 21.7. The highest BCUT2D eigenvalue weighted by atomic mass is 16.5. The Balaban J connectivity index is 1.25. The average Bonchev–Trinajstić information content (AvgIpc) is 3.12. The summed E-state index contributed by atoms with van der Waals surface area (Å²) in [5.74, 6) is 1.19. The number of hydrogen-bond donors (Lipinski definition) is 0. The van der Waals surface area contributed by atoms with Gasteiger partial charge in [-0.3, -0.25) is 4.79 Å². The molecule has 0 heterocycles. The third kappa shape index (κ3) is 16.6. The highest BCUT2D eigenvalue weighted by Gasteiger charge is 2.07. The standard InChI is InChI=1S/C43H56O5/c1-3-4-5-6-7-8-9-10-11-12-13-14-15-16-17-18-34-47-40-30-24-36(25-31-40)26-32-42(44)38-20-19-21-41(35-38)48-43(45)33-27-37-22-28-39(46-2)29-23-37/h19-33,35H,3-18,34H2,1-2H3/b32-26+,33-27+. The summed E-state index contributed by atoms with van der Waals surface area (Å²) in [5.41, 5.74) is 2.19. The Morgan fingerprint density at radius 2 is 1.06 bits per heavy atom. The smallest absolute Gasteiger partial charge is 0.336 e. The number of carbonyl (C=O) groups excluding carboxylic acids is 2. The molecule has 0 fully saturated rings. The predicted molar refractivity (Wildman–Crippen MR) is 199 cm³/mol. The molecule has 0 unspecified atom stereocenters. The van der Waals surface area contributed by atoms with Crippen molar-refractivity contribution >= 4 is 23.9 Å². The summed E-state index contributed by atoms with van der Waals surface area (Å²) in [6.45, 7) is 3.01. The summed E-state index contributed by atoms with van der Waals surface area (Å²) in [7, 11) is 1.60. The van der Waals surface area contributed by atoms with Gasteiger partial charge in [0.1, 0.15) is 17.2 Å². The van der Waals surface area contributed by atoms with Crippen LogP contribution in [0.25, 0.3) is 12.2 Å². The molecule has 258 valence electrons. The van der Waals surface area contributed by atoms with Gasteiger partial charge >= 0.3 is 5.97 Å². The first-order valence-corrected chi connectivity index (χ1v) is 18.2. The van der Waals surface area contributed by atoms with Gasteiger partial charge in [-0.2, -0.15) is 0 Å². The van der Waals surface area contributed by atoms with Crippen molar-refractivity contribution in [3.63, 3.8) is 0 Å². The molecule has 0 aliphatic rings. The SMILES string of the molecule is CCCCCCCCCCCCCCCCCCOc1ccc(/C=C/C(=O)c2cccc(OC(=O)/C=C/c3ccc(OC)cc3)c2)cc1. The van der Waals surface area contributed by atoms with Crippen molar-refractivity contribution in [1.82, 2.24) is 0 Å². The number of carbonyl (C=O) groups is 2. The van der Waals surface area contributed by atoms with Gasteiger partial charge in [0.2, 0.25) is 0 Å². The van der Waals surface area contributed by atoms with Crippen LogP contribution >= 0.6 is 0 Å². The van der Waals surface area contributed by atoms with Gasteiger partial charge in [-0.25, -0.2) is 4.79 Å². The van der Waals surface area contributed by atoms with Crippen LogP contribution in [0.4, 0.5) is 0 Å². The highest BCUT2D eigenvalue weighted by Crippen LogP contribution is 2.19. The van der Waals surface area contributed by atoms with Crippen LogP contribution in [0.15, 0.2) is 84.9 Å². The van der Waals surface area contributed by atoms with Crippen LogP contribution < -0.4 is 14.2 Å². The maximum absolute atomic E-state index is 12.8. The van der Waals surface area contributed by atoms with Crippen LogP contribution in [0.2, 0.25) is 0 Å². The van der Waals surface area contributed by atoms with Crippen LogP contribution in [-0.2, 0) is 4.79 Å². The van der Waals surface area contributed by atoms with Crippen molar-refractivity contribution in [3.05, 3.63) is 102 Å². The van der Waals surface area contributed by atoms with Gasteiger partial charge < -0.3 is 14.2 Å². The van der Waals surface area contributed by atoms with Gasteiger partial charge in [0, 0.05) is 11.6 Å². The van der Waals surface area contributed by atoms with E-state index in [4.69, 9.17) is 14.2 Å². The zero-order valence-corrected chi connectivity index (χ0v) is 29.3. The number of ketones is 1. The van der Waals surface area contributed by atoms with E-state index in [0.717, 1.165) is 35.7 Å². The Morgan fingerprint density at radius 1 is 0.562 bits per heavy atom. The van der Waals surface area contributed by atoms with E-state index in [-0.39, 0.29) is 5.78 Å². The van der Waals surface area contributed by atoms with Crippen LogP contribution in [0.5, 0.6) is 17.2 Å². The second-order valence-corrected chi connectivity index (χ2v) is 12.5. The van der Waals surface area contributed by atoms with Gasteiger partial charge in [0.05, 0.1) is 13.7 Å². The first-order chi connectivity index (χ1) is 23.6. The second kappa shape index (κ2) is 24.1. The van der Waals surface area contributed by atoms with Gasteiger partial charge in [-0.05, 0) is 66.1 Å². The minimum absolute atomic E-state index is 0.175. The number of esters is 1. The van der Waals surface area contributed by atoms with Crippen LogP contribution in [0.3, 0.4) is 0 Å². The van der Waals surface area contributed by atoms with Crippen molar-refractivity contribution < 1.29 is 23.8 Å². The van der Waals surface area contributed by atoms with E-state index in [9.17, 15) is 9.59 Å². The summed E-state index contributed by atoms with van der Waals surface area (Å²) >= 11 is 0. The fourth-order valence-electron chi connectivity index (χ4n) is 5.53. The molecule has 0 saturated heterocycles. The molecule has 0 aliphatic heterocycles. The quantitative estimate of drug-likeness (QED) is 0.0300. The lowest BCUT2D eigenvalue weighted by molar-refractivity contribution is -0.128. The van der Waals surface area contributed by atoms with E-state index >= 15 is 0 Å². The first kappa shape index (κ1) is 38.3. The molecule has 0 aliphatic carbocycles. The summed E-state index contributed by atoms with van der Waals surface area (Å²) in [4.78, 5) is 25.1. The number of unbranched alkanes of at least 4 members (excludes halogenated alkanes) is 15. The van der Waals surface area contributed by atoms with E-state index in [1.54, 1.807) is 43.5 Å². The molecule has 0 spiro atoms. The molecule has 48 heavy (non-hydrogen) atoms. The van der Waals surface area contributed by atoms with E-state index in [1.807, 2.05) is 48.5 Å². The fourth-order valence-corrected chi connectivity index (χ4v) is 5.53. The Kier molecular flexibility index (Phi) is 19.2. The molecular formula is C43H56O5. The molecular weight excluding hydrogens is 596 g/mol. The van der Waals surface area contributed by atoms with Gasteiger partial charge in [0.15, 0.2) is 5.78 Å². The van der Waals surface area contributed by atoms with Crippen molar-refractivity contribution in [3.8, 4) is 17.2 Å². The highest BCUT2D eigenvalue weighted by molar-refractivity contribution is 6.07. The fraction of sp³-hybridized carbons (Fsp3) is 0.442. The van der Waals surface area contributed by atoms with Crippen molar-refractivity contribution in [2.75, 3.05) is 13.7 Å². The third-order valence-electron chi connectivity index (χ3n) is 8.44. The average molecular weight is 653 g/mol. The number of hydrogen-bond acceptors (Lipinski definition) is 5. The summed E-state index contributed by atoms with van der Waals surface area (Å²) in [5, 5.41) is 0. The Hall–Kier alpha value is -4.12. The number of rotatable bonds is 25. The minimum atomic E-state index is -0.525. The lowest BCUT2D eigenvalue weighted by atomic mass is 10.0. The van der Waals surface area contributed by atoms with E-state index in [1.165, 1.54) is 108 Å². The van der Waals surface area contributed by atoms with Crippen LogP contribution in [0, 0.1) is 0 Å². The van der Waals surface area contributed by atoms with E-state index < -0.39 is 5.97 Å². The van der Waals surface area contributed by atoms with Gasteiger partial charge in [0.25, 0.3) is 0 Å². The van der Waals surface area contributed by atoms with Crippen LogP contribution in [-0.4, -0.2) is 25.5 Å². The van der Waals surface area contributed by atoms with E-state index in [0.29, 0.717) is 11.3 Å². The molecule has 0 saturated carbocycles. The van der Waals surface area contributed by atoms with Gasteiger partial charge in [-0.1, -0.05) is 146 Å². The summed E-state index contributed by atoms with van der Waals surface area (Å²) in [6.07, 6.45) is 28.1. The Bertz CT molecular complexity index is 1370.